The lowest BCUT2D eigenvalue weighted by Gasteiger charge is -2.29. The van der Waals surface area contributed by atoms with Gasteiger partial charge in [0.15, 0.2) is 5.75 Å². The molecule has 1 aliphatic heterocycles. The molecule has 3 aromatic rings. The van der Waals surface area contributed by atoms with Crippen molar-refractivity contribution in [2.75, 3.05) is 13.1 Å². The van der Waals surface area contributed by atoms with Crippen LogP contribution in [0.5, 0.6) is 17.2 Å². The molecule has 0 saturated carbocycles. The molecule has 0 spiro atoms. The Bertz CT molecular complexity index is 1110. The van der Waals surface area contributed by atoms with Crippen LogP contribution in [0.25, 0.3) is 11.4 Å². The van der Waals surface area contributed by atoms with Crippen LogP contribution in [0.15, 0.2) is 47.7 Å². The van der Waals surface area contributed by atoms with Crippen molar-refractivity contribution in [1.82, 2.24) is 24.8 Å². The Hall–Kier alpha value is -3.75. The lowest BCUT2D eigenvalue weighted by Crippen LogP contribution is -2.42. The van der Waals surface area contributed by atoms with E-state index in [1.807, 2.05) is 13.8 Å². The van der Waals surface area contributed by atoms with Gasteiger partial charge in [-0.1, -0.05) is 0 Å². The van der Waals surface area contributed by atoms with E-state index in [4.69, 9.17) is 9.47 Å². The lowest BCUT2D eigenvalue weighted by atomic mass is 10.2. The molecule has 0 atom stereocenters. The quantitative estimate of drug-likeness (QED) is 0.669. The van der Waals surface area contributed by atoms with Crippen LogP contribution in [-0.4, -0.2) is 49.9 Å². The second kappa shape index (κ2) is 8.32. The highest BCUT2D eigenvalue weighted by molar-refractivity contribution is 5.90. The highest BCUT2D eigenvalue weighted by Crippen LogP contribution is 2.31. The number of benzene rings is 1. The van der Waals surface area contributed by atoms with Crippen LogP contribution in [0.4, 0.5) is 0 Å². The van der Waals surface area contributed by atoms with Crippen molar-refractivity contribution in [1.29, 1.82) is 0 Å². The lowest BCUT2D eigenvalue weighted by molar-refractivity contribution is 0.0639. The maximum atomic E-state index is 12.2. The van der Waals surface area contributed by atoms with Gasteiger partial charge in [-0.2, -0.15) is 0 Å². The molecule has 1 N–H and O–H groups in total. The molecule has 2 aromatic heterocycles. The van der Waals surface area contributed by atoms with Gasteiger partial charge in [-0.15, -0.1) is 0 Å². The maximum Gasteiger partial charge on any atom is 0.291 e. The standard InChI is InChI=1S/C21H21N5O4/c1-13(2)29-15-8-14(19-22-5-4-18(27)25-19)9-16(10-15)30-17-11-23-20(24-12-17)21(28)26-6-3-7-26/h4-5,8-13H,3,6-7H2,1-2H3,(H,22,25,27). The van der Waals surface area contributed by atoms with Gasteiger partial charge in [0.2, 0.25) is 5.82 Å². The van der Waals surface area contributed by atoms with E-state index < -0.39 is 0 Å². The van der Waals surface area contributed by atoms with E-state index >= 15 is 0 Å². The largest absolute Gasteiger partial charge is 0.491 e. The minimum Gasteiger partial charge on any atom is -0.491 e. The zero-order chi connectivity index (χ0) is 21.1. The second-order valence-electron chi connectivity index (χ2n) is 7.13. The number of carbonyl (C=O) groups excluding carboxylic acids is 1. The first-order chi connectivity index (χ1) is 14.5. The van der Waals surface area contributed by atoms with Crippen LogP contribution in [0, 0.1) is 0 Å². The Morgan fingerprint density at radius 1 is 1.07 bits per heavy atom. The number of nitrogens with one attached hydrogen (secondary N) is 1. The molecule has 4 rings (SSSR count). The van der Waals surface area contributed by atoms with E-state index in [-0.39, 0.29) is 23.4 Å². The minimum atomic E-state index is -0.256. The van der Waals surface area contributed by atoms with Crippen LogP contribution in [0.2, 0.25) is 0 Å². The Kier molecular flexibility index (Phi) is 5.42. The average Bonchev–Trinajstić information content (AvgIpc) is 2.66. The third kappa shape index (κ3) is 4.45. The zero-order valence-corrected chi connectivity index (χ0v) is 16.7. The van der Waals surface area contributed by atoms with Gasteiger partial charge in [0.25, 0.3) is 11.5 Å². The molecule has 9 heteroatoms. The van der Waals surface area contributed by atoms with Crippen molar-refractivity contribution in [3.05, 3.63) is 59.0 Å². The van der Waals surface area contributed by atoms with Gasteiger partial charge in [0.05, 0.1) is 18.5 Å². The summed E-state index contributed by atoms with van der Waals surface area (Å²) in [4.78, 5) is 40.7. The van der Waals surface area contributed by atoms with E-state index in [1.165, 1.54) is 24.7 Å². The third-order valence-corrected chi connectivity index (χ3v) is 4.39. The smallest absolute Gasteiger partial charge is 0.291 e. The van der Waals surface area contributed by atoms with E-state index in [0.717, 1.165) is 19.5 Å². The summed E-state index contributed by atoms with van der Waals surface area (Å²) in [5.41, 5.74) is 0.375. The molecule has 1 amide bonds. The van der Waals surface area contributed by atoms with Gasteiger partial charge >= 0.3 is 0 Å². The van der Waals surface area contributed by atoms with Crippen molar-refractivity contribution in [3.8, 4) is 28.6 Å². The summed E-state index contributed by atoms with van der Waals surface area (Å²) < 4.78 is 11.7. The van der Waals surface area contributed by atoms with Crippen molar-refractivity contribution in [2.24, 2.45) is 0 Å². The fourth-order valence-corrected chi connectivity index (χ4v) is 2.90. The molecule has 0 unspecified atom stereocenters. The Balaban J connectivity index is 1.60. The van der Waals surface area contributed by atoms with Crippen LogP contribution in [0.1, 0.15) is 30.9 Å². The van der Waals surface area contributed by atoms with E-state index in [2.05, 4.69) is 19.9 Å². The van der Waals surface area contributed by atoms with Crippen molar-refractivity contribution in [3.63, 3.8) is 0 Å². The maximum absolute atomic E-state index is 12.2. The van der Waals surface area contributed by atoms with Gasteiger partial charge in [-0.05, 0) is 32.4 Å². The molecular weight excluding hydrogens is 386 g/mol. The van der Waals surface area contributed by atoms with Gasteiger partial charge < -0.3 is 19.4 Å². The van der Waals surface area contributed by atoms with Crippen LogP contribution in [-0.2, 0) is 0 Å². The molecule has 9 nitrogen and oxygen atoms in total. The predicted molar refractivity (Wildman–Crippen MR) is 109 cm³/mol. The summed E-state index contributed by atoms with van der Waals surface area (Å²) in [6.45, 7) is 5.30. The molecule has 1 aromatic carbocycles. The fraction of sp³-hybridized carbons (Fsp3) is 0.286. The summed E-state index contributed by atoms with van der Waals surface area (Å²) in [7, 11) is 0. The summed E-state index contributed by atoms with van der Waals surface area (Å²) in [6, 6.07) is 6.57. The highest BCUT2D eigenvalue weighted by atomic mass is 16.5. The Morgan fingerprint density at radius 2 is 1.80 bits per heavy atom. The molecule has 0 aliphatic carbocycles. The van der Waals surface area contributed by atoms with Crippen molar-refractivity contribution >= 4 is 5.91 Å². The van der Waals surface area contributed by atoms with Gasteiger partial charge in [0.1, 0.15) is 17.3 Å². The average molecular weight is 407 g/mol. The second-order valence-corrected chi connectivity index (χ2v) is 7.13. The number of rotatable bonds is 6. The van der Waals surface area contributed by atoms with Gasteiger partial charge in [-0.25, -0.2) is 15.0 Å². The third-order valence-electron chi connectivity index (χ3n) is 4.39. The molecule has 0 radical (unpaired) electrons. The Labute approximate surface area is 172 Å². The molecular formula is C21H21N5O4. The summed E-state index contributed by atoms with van der Waals surface area (Å²) in [6.07, 6.45) is 5.31. The van der Waals surface area contributed by atoms with Gasteiger partial charge in [0, 0.05) is 37.0 Å². The summed E-state index contributed by atoms with van der Waals surface area (Å²) in [5, 5.41) is 0. The molecule has 1 saturated heterocycles. The number of amides is 1. The first-order valence-corrected chi connectivity index (χ1v) is 9.64. The minimum absolute atomic E-state index is 0.0500. The number of nitrogens with zero attached hydrogens (tertiary/aromatic N) is 4. The number of likely N-dealkylation sites (tertiary alicyclic amines) is 1. The zero-order valence-electron chi connectivity index (χ0n) is 16.7. The summed E-state index contributed by atoms with van der Waals surface area (Å²) in [5.74, 6) is 1.76. The van der Waals surface area contributed by atoms with E-state index in [1.54, 1.807) is 23.1 Å². The fourth-order valence-electron chi connectivity index (χ4n) is 2.90. The topological polar surface area (TPSA) is 110 Å². The van der Waals surface area contributed by atoms with E-state index in [0.29, 0.717) is 28.6 Å². The molecule has 1 fully saturated rings. The SMILES string of the molecule is CC(C)Oc1cc(Oc2cnc(C(=O)N3CCC3)nc2)cc(-c2nccc(=O)[nH]2)c1. The molecule has 154 valence electrons. The van der Waals surface area contributed by atoms with Gasteiger partial charge in [-0.3, -0.25) is 9.59 Å². The number of carbonyl (C=O) groups is 1. The predicted octanol–water partition coefficient (Wildman–Crippen LogP) is 2.65. The number of aromatic nitrogens is 4. The molecule has 30 heavy (non-hydrogen) atoms. The Morgan fingerprint density at radius 3 is 2.43 bits per heavy atom. The van der Waals surface area contributed by atoms with Crippen LogP contribution < -0.4 is 15.0 Å². The normalized spacial score (nSPS) is 13.1. The van der Waals surface area contributed by atoms with Crippen LogP contribution in [0.3, 0.4) is 0 Å². The molecule has 0 bridgehead atoms. The first kappa shape index (κ1) is 19.6. The van der Waals surface area contributed by atoms with E-state index in [9.17, 15) is 9.59 Å². The number of hydrogen-bond donors (Lipinski definition) is 1. The number of H-pyrrole nitrogens is 1. The number of ether oxygens (including phenoxy) is 2. The molecule has 3 heterocycles. The molecule has 1 aliphatic rings. The number of aromatic amines is 1. The van der Waals surface area contributed by atoms with Crippen LogP contribution >= 0.6 is 0 Å². The monoisotopic (exact) mass is 407 g/mol. The summed E-state index contributed by atoms with van der Waals surface area (Å²) >= 11 is 0. The highest BCUT2D eigenvalue weighted by Gasteiger charge is 2.23. The van der Waals surface area contributed by atoms with Crippen molar-refractivity contribution in [2.45, 2.75) is 26.4 Å². The first-order valence-electron chi connectivity index (χ1n) is 9.64. The number of hydrogen-bond acceptors (Lipinski definition) is 7. The van der Waals surface area contributed by atoms with Crippen molar-refractivity contribution < 1.29 is 14.3 Å².